The Hall–Kier alpha value is -2.01. The molecule has 0 aliphatic carbocycles. The molecule has 0 unspecified atom stereocenters. The molecule has 1 aromatic heterocycles. The average Bonchev–Trinajstić information content (AvgIpc) is 2.88. The number of hydrogen-bond acceptors (Lipinski definition) is 3. The summed E-state index contributed by atoms with van der Waals surface area (Å²) in [7, 11) is 0. The largest absolute Gasteiger partial charge is 0.481 e. The highest BCUT2D eigenvalue weighted by molar-refractivity contribution is 6.31. The van der Waals surface area contributed by atoms with Crippen molar-refractivity contribution in [1.29, 1.82) is 0 Å². The Balaban J connectivity index is 1.73. The fraction of sp³-hybridized carbons (Fsp3) is 0.375. The van der Waals surface area contributed by atoms with Gasteiger partial charge in [0.15, 0.2) is 5.76 Å². The summed E-state index contributed by atoms with van der Waals surface area (Å²) in [6.07, 6.45) is 3.44. The summed E-state index contributed by atoms with van der Waals surface area (Å²) < 4.78 is 5.47. The van der Waals surface area contributed by atoms with Crippen LogP contribution in [0.4, 0.5) is 0 Å². The molecule has 1 heterocycles. The molecule has 1 amide bonds. The zero-order valence-corrected chi connectivity index (χ0v) is 12.9. The van der Waals surface area contributed by atoms with E-state index in [1.54, 1.807) is 24.3 Å². The average molecular weight is 324 g/mol. The smallest absolute Gasteiger partial charge is 0.303 e. The number of carboxylic acids is 1. The summed E-state index contributed by atoms with van der Waals surface area (Å²) in [6.45, 7) is 0.545. The number of carbonyl (C=O) groups excluding carboxylic acids is 1. The van der Waals surface area contributed by atoms with Crippen LogP contribution in [0.3, 0.4) is 0 Å². The van der Waals surface area contributed by atoms with Crippen LogP contribution < -0.4 is 5.32 Å². The van der Waals surface area contributed by atoms with Gasteiger partial charge in [0.25, 0.3) is 5.91 Å². The first-order chi connectivity index (χ1) is 10.6. The van der Waals surface area contributed by atoms with E-state index in [4.69, 9.17) is 21.1 Å². The zero-order chi connectivity index (χ0) is 15.9. The first-order valence-electron chi connectivity index (χ1n) is 7.25. The number of halogens is 1. The van der Waals surface area contributed by atoms with Gasteiger partial charge in [-0.1, -0.05) is 24.4 Å². The van der Waals surface area contributed by atoms with Crippen LogP contribution in [0, 0.1) is 0 Å². The lowest BCUT2D eigenvalue weighted by Gasteiger charge is -2.02. The number of carbonyl (C=O) groups is 2. The van der Waals surface area contributed by atoms with Crippen LogP contribution in [-0.4, -0.2) is 23.5 Å². The van der Waals surface area contributed by atoms with Gasteiger partial charge in [0.2, 0.25) is 0 Å². The van der Waals surface area contributed by atoms with Gasteiger partial charge < -0.3 is 14.8 Å². The first kappa shape index (κ1) is 16.4. The van der Waals surface area contributed by atoms with Crippen molar-refractivity contribution in [2.24, 2.45) is 0 Å². The Kier molecular flexibility index (Phi) is 5.83. The minimum atomic E-state index is -0.765. The van der Waals surface area contributed by atoms with Crippen molar-refractivity contribution in [3.63, 3.8) is 0 Å². The van der Waals surface area contributed by atoms with Gasteiger partial charge in [-0.05, 0) is 37.1 Å². The van der Waals surface area contributed by atoms with E-state index < -0.39 is 5.97 Å². The molecule has 0 spiro atoms. The monoisotopic (exact) mass is 323 g/mol. The number of unbranched alkanes of at least 4 members (excludes halogenated alkanes) is 3. The van der Waals surface area contributed by atoms with Gasteiger partial charge in [0, 0.05) is 23.4 Å². The molecule has 2 aromatic rings. The Labute approximate surface area is 133 Å². The molecule has 1 aromatic carbocycles. The second kappa shape index (κ2) is 7.84. The van der Waals surface area contributed by atoms with Gasteiger partial charge in [-0.2, -0.15) is 0 Å². The Morgan fingerprint density at radius 1 is 1.14 bits per heavy atom. The molecule has 5 nitrogen and oxygen atoms in total. The van der Waals surface area contributed by atoms with Crippen LogP contribution in [0.25, 0.3) is 11.0 Å². The van der Waals surface area contributed by atoms with Crippen LogP contribution in [0.2, 0.25) is 5.02 Å². The lowest BCUT2D eigenvalue weighted by Crippen LogP contribution is -2.23. The third-order valence-corrected chi connectivity index (χ3v) is 3.54. The SMILES string of the molecule is O=C(O)CCCCCCNC(=O)c1cc2cc(Cl)ccc2o1. The minimum Gasteiger partial charge on any atom is -0.481 e. The molecular weight excluding hydrogens is 306 g/mol. The number of fused-ring (bicyclic) bond motifs is 1. The van der Waals surface area contributed by atoms with E-state index in [0.717, 1.165) is 24.6 Å². The fourth-order valence-corrected chi connectivity index (χ4v) is 2.35. The maximum absolute atomic E-state index is 12.0. The molecule has 2 rings (SSSR count). The van der Waals surface area contributed by atoms with Gasteiger partial charge in [0.05, 0.1) is 0 Å². The standard InChI is InChI=1S/C16H18ClNO4/c17-12-6-7-13-11(9-12)10-14(22-13)16(21)18-8-4-2-1-3-5-15(19)20/h6-7,9-10H,1-5,8H2,(H,18,21)(H,19,20). The van der Waals surface area contributed by atoms with E-state index in [1.165, 1.54) is 0 Å². The topological polar surface area (TPSA) is 79.5 Å². The summed E-state index contributed by atoms with van der Waals surface area (Å²) in [6, 6.07) is 6.87. The van der Waals surface area contributed by atoms with E-state index >= 15 is 0 Å². The molecule has 0 radical (unpaired) electrons. The Morgan fingerprint density at radius 2 is 1.91 bits per heavy atom. The van der Waals surface area contributed by atoms with Crippen LogP contribution in [0.1, 0.15) is 42.7 Å². The molecule has 0 saturated carbocycles. The molecule has 0 aliphatic heterocycles. The van der Waals surface area contributed by atoms with Crippen molar-refractivity contribution in [3.05, 3.63) is 35.0 Å². The third-order valence-electron chi connectivity index (χ3n) is 3.31. The van der Waals surface area contributed by atoms with Gasteiger partial charge >= 0.3 is 5.97 Å². The molecule has 2 N–H and O–H groups in total. The third kappa shape index (κ3) is 4.77. The number of nitrogens with one attached hydrogen (secondary N) is 1. The highest BCUT2D eigenvalue weighted by Gasteiger charge is 2.11. The van der Waals surface area contributed by atoms with Crippen LogP contribution >= 0.6 is 11.6 Å². The highest BCUT2D eigenvalue weighted by Crippen LogP contribution is 2.22. The lowest BCUT2D eigenvalue weighted by atomic mass is 10.1. The lowest BCUT2D eigenvalue weighted by molar-refractivity contribution is -0.137. The van der Waals surface area contributed by atoms with Gasteiger partial charge in [-0.15, -0.1) is 0 Å². The summed E-state index contributed by atoms with van der Waals surface area (Å²) in [4.78, 5) is 22.3. The van der Waals surface area contributed by atoms with Crippen molar-refractivity contribution >= 4 is 34.4 Å². The van der Waals surface area contributed by atoms with Crippen molar-refractivity contribution < 1.29 is 19.1 Å². The highest BCUT2D eigenvalue weighted by atomic mass is 35.5. The molecule has 0 aliphatic rings. The Bertz CT molecular complexity index is 665. The summed E-state index contributed by atoms with van der Waals surface area (Å²) >= 11 is 5.89. The molecular formula is C16H18ClNO4. The van der Waals surface area contributed by atoms with E-state index in [-0.39, 0.29) is 18.1 Å². The number of benzene rings is 1. The zero-order valence-electron chi connectivity index (χ0n) is 12.1. The molecule has 0 atom stereocenters. The van der Waals surface area contributed by atoms with Gasteiger partial charge in [0.1, 0.15) is 5.58 Å². The second-order valence-corrected chi connectivity index (χ2v) is 5.54. The molecule has 22 heavy (non-hydrogen) atoms. The second-order valence-electron chi connectivity index (χ2n) is 5.11. The van der Waals surface area contributed by atoms with E-state index in [1.807, 2.05) is 0 Å². The summed E-state index contributed by atoms with van der Waals surface area (Å²) in [5.41, 5.74) is 0.628. The van der Waals surface area contributed by atoms with Crippen LogP contribution in [0.5, 0.6) is 0 Å². The van der Waals surface area contributed by atoms with E-state index in [9.17, 15) is 9.59 Å². The fourth-order valence-electron chi connectivity index (χ4n) is 2.17. The molecule has 6 heteroatoms. The molecule has 0 bridgehead atoms. The Morgan fingerprint density at radius 3 is 2.68 bits per heavy atom. The quantitative estimate of drug-likeness (QED) is 0.723. The van der Waals surface area contributed by atoms with E-state index in [0.29, 0.717) is 23.6 Å². The molecule has 118 valence electrons. The summed E-state index contributed by atoms with van der Waals surface area (Å²) in [5, 5.41) is 12.7. The summed E-state index contributed by atoms with van der Waals surface area (Å²) in [5.74, 6) is -0.751. The molecule has 0 saturated heterocycles. The maximum atomic E-state index is 12.0. The van der Waals surface area contributed by atoms with Crippen molar-refractivity contribution in [1.82, 2.24) is 5.32 Å². The van der Waals surface area contributed by atoms with Crippen molar-refractivity contribution in [2.45, 2.75) is 32.1 Å². The minimum absolute atomic E-state index is 0.202. The predicted molar refractivity (Wildman–Crippen MR) is 84.3 cm³/mol. The number of hydrogen-bond donors (Lipinski definition) is 2. The predicted octanol–water partition coefficient (Wildman–Crippen LogP) is 3.85. The van der Waals surface area contributed by atoms with Crippen molar-refractivity contribution in [2.75, 3.05) is 6.54 Å². The number of carboxylic acid groups (broad SMARTS) is 1. The number of furan rings is 1. The van der Waals surface area contributed by atoms with Crippen LogP contribution in [0.15, 0.2) is 28.7 Å². The van der Waals surface area contributed by atoms with Gasteiger partial charge in [-0.3, -0.25) is 9.59 Å². The van der Waals surface area contributed by atoms with Crippen molar-refractivity contribution in [3.8, 4) is 0 Å². The number of aliphatic carboxylic acids is 1. The van der Waals surface area contributed by atoms with E-state index in [2.05, 4.69) is 5.32 Å². The maximum Gasteiger partial charge on any atom is 0.303 e. The number of amides is 1. The molecule has 0 fully saturated rings. The first-order valence-corrected chi connectivity index (χ1v) is 7.63. The number of rotatable bonds is 8. The normalized spacial score (nSPS) is 10.8. The van der Waals surface area contributed by atoms with Crippen LogP contribution in [-0.2, 0) is 4.79 Å². The van der Waals surface area contributed by atoms with Gasteiger partial charge in [-0.25, -0.2) is 0 Å².